The zero-order chi connectivity index (χ0) is 49.8. The number of nitrogens with one attached hydrogen (secondary N) is 4. The smallest absolute Gasteiger partial charge is 0.407 e. The third kappa shape index (κ3) is 10.6. The van der Waals surface area contributed by atoms with Crippen molar-refractivity contribution in [2.75, 3.05) is 32.2 Å². The Bertz CT molecular complexity index is 2470. The molecular formula is C56H71N9O6. The SMILES string of the molecule is COC(=O)N[C@H](C(=O)N1CCC[C@H]1c1ncc(-c2ccc([C@H]3CC[C@H](c4ccc(-c5cnc([C@@H]6CCCN6C(=O)[C@@H](NC(=O)OC)C(C)C)[nH]5)cc4)N3c3ccc(C4CCCCC4)cc3)cc2)[nH]1)C(C)C. The van der Waals surface area contributed by atoms with Crippen LogP contribution in [0.1, 0.15) is 157 Å². The lowest BCUT2D eigenvalue weighted by Crippen LogP contribution is -2.51. The van der Waals surface area contributed by atoms with E-state index >= 15 is 0 Å². The number of nitrogens with zero attached hydrogens (tertiary/aromatic N) is 5. The Hall–Kier alpha value is -6.64. The number of carbonyl (C=O) groups is 4. The first kappa shape index (κ1) is 49.3. The highest BCUT2D eigenvalue weighted by atomic mass is 16.5. The van der Waals surface area contributed by atoms with Crippen LogP contribution in [0.25, 0.3) is 22.5 Å². The summed E-state index contributed by atoms with van der Waals surface area (Å²) >= 11 is 0. The Kier molecular flexibility index (Phi) is 15.1. The quantitative estimate of drug-likeness (QED) is 0.0843. The Balaban J connectivity index is 0.931. The molecule has 3 aromatic carbocycles. The summed E-state index contributed by atoms with van der Waals surface area (Å²) in [5.74, 6) is 1.65. The van der Waals surface area contributed by atoms with Gasteiger partial charge in [0, 0.05) is 18.8 Å². The number of likely N-dealkylation sites (tertiary alicyclic amines) is 2. The number of methoxy groups -OCH3 is 2. The van der Waals surface area contributed by atoms with E-state index in [-0.39, 0.29) is 47.8 Å². The van der Waals surface area contributed by atoms with E-state index in [4.69, 9.17) is 19.4 Å². The molecule has 4 N–H and O–H groups in total. The van der Waals surface area contributed by atoms with Crippen molar-refractivity contribution in [3.8, 4) is 22.5 Å². The number of hydrogen-bond donors (Lipinski definition) is 4. The second-order valence-corrected chi connectivity index (χ2v) is 20.6. The molecule has 15 nitrogen and oxygen atoms in total. The Morgan fingerprint density at radius 2 is 0.958 bits per heavy atom. The van der Waals surface area contributed by atoms with Gasteiger partial charge >= 0.3 is 12.2 Å². The molecule has 0 radical (unpaired) electrons. The minimum Gasteiger partial charge on any atom is -0.453 e. The maximum Gasteiger partial charge on any atom is 0.407 e. The summed E-state index contributed by atoms with van der Waals surface area (Å²) < 4.78 is 9.64. The Morgan fingerprint density at radius 3 is 1.37 bits per heavy atom. The molecule has 71 heavy (non-hydrogen) atoms. The number of aromatic amines is 2. The molecule has 2 aromatic heterocycles. The molecule has 1 aliphatic carbocycles. The standard InChI is InChI=1S/C56H71N9O6/c1-34(2)49(61-55(68)70-5)53(66)63-30-10-14-47(63)51-57-32-43(59-51)38-16-20-40(21-17-38)45-28-29-46(65(45)42-26-24-37(25-27-42)36-12-8-7-9-13-36)41-22-18-39(19-23-41)44-33-58-52(60-44)48-15-11-31-64(48)54(67)50(35(3)4)62-56(69)71-6/h16-27,32-36,45-50H,7-15,28-31H2,1-6H3,(H,57,59)(H,58,60)(H,61,68)(H,62,69)/t45-,46-,47+,48+,49+,50+/m1/s1. The lowest BCUT2D eigenvalue weighted by molar-refractivity contribution is -0.136. The predicted octanol–water partition coefficient (Wildman–Crippen LogP) is 10.7. The molecule has 0 bridgehead atoms. The number of ether oxygens (including phenoxy) is 2. The molecule has 5 heterocycles. The van der Waals surface area contributed by atoms with Crippen LogP contribution >= 0.6 is 0 Å². The summed E-state index contributed by atoms with van der Waals surface area (Å²) in [5.41, 5.74) is 8.99. The van der Waals surface area contributed by atoms with E-state index < -0.39 is 24.3 Å². The molecule has 4 amide bonds. The normalized spacial score (nSPS) is 21.4. The molecule has 4 fully saturated rings. The molecule has 0 spiro atoms. The van der Waals surface area contributed by atoms with E-state index in [1.165, 1.54) is 68.7 Å². The third-order valence-corrected chi connectivity index (χ3v) is 15.5. The molecule has 9 rings (SSSR count). The maximum atomic E-state index is 13.8. The summed E-state index contributed by atoms with van der Waals surface area (Å²) in [4.78, 5) is 74.8. The number of aromatic nitrogens is 4. The number of carbonyl (C=O) groups excluding carboxylic acids is 4. The van der Waals surface area contributed by atoms with Gasteiger partial charge in [-0.25, -0.2) is 19.6 Å². The highest BCUT2D eigenvalue weighted by Gasteiger charge is 2.40. The summed E-state index contributed by atoms with van der Waals surface area (Å²) in [6.07, 6.45) is 14.2. The predicted molar refractivity (Wildman–Crippen MR) is 273 cm³/mol. The Labute approximate surface area is 417 Å². The number of benzene rings is 3. The first-order valence-corrected chi connectivity index (χ1v) is 25.9. The topological polar surface area (TPSA) is 178 Å². The van der Waals surface area contributed by atoms with Gasteiger partial charge < -0.3 is 44.8 Å². The van der Waals surface area contributed by atoms with Gasteiger partial charge in [-0.3, -0.25) is 9.59 Å². The molecule has 15 heteroatoms. The largest absolute Gasteiger partial charge is 0.453 e. The molecule has 5 aromatic rings. The van der Waals surface area contributed by atoms with E-state index in [0.717, 1.165) is 72.7 Å². The van der Waals surface area contributed by atoms with Crippen LogP contribution in [0.5, 0.6) is 0 Å². The third-order valence-electron chi connectivity index (χ3n) is 15.5. The van der Waals surface area contributed by atoms with E-state index in [2.05, 4.69) is 98.3 Å². The summed E-state index contributed by atoms with van der Waals surface area (Å²) in [6, 6.07) is 25.6. The monoisotopic (exact) mass is 966 g/mol. The lowest BCUT2D eigenvalue weighted by atomic mass is 9.84. The fourth-order valence-corrected chi connectivity index (χ4v) is 11.6. The number of anilines is 1. The molecule has 376 valence electrons. The van der Waals surface area contributed by atoms with Gasteiger partial charge in [-0.2, -0.15) is 0 Å². The van der Waals surface area contributed by atoms with E-state index in [0.29, 0.717) is 19.0 Å². The summed E-state index contributed by atoms with van der Waals surface area (Å²) in [7, 11) is 2.61. The molecular weight excluding hydrogens is 895 g/mol. The van der Waals surface area contributed by atoms with Crippen molar-refractivity contribution in [1.82, 2.24) is 40.4 Å². The molecule has 1 saturated carbocycles. The lowest BCUT2D eigenvalue weighted by Gasteiger charge is -2.34. The molecule has 4 aliphatic rings. The van der Waals surface area contributed by atoms with Crippen LogP contribution in [0, 0.1) is 11.8 Å². The van der Waals surface area contributed by atoms with Gasteiger partial charge in [0.05, 0.1) is 62.2 Å². The van der Waals surface area contributed by atoms with Crippen molar-refractivity contribution >= 4 is 29.7 Å². The van der Waals surface area contributed by atoms with Crippen LogP contribution in [0.2, 0.25) is 0 Å². The van der Waals surface area contributed by atoms with Gasteiger partial charge in [0.1, 0.15) is 23.7 Å². The molecule has 3 aliphatic heterocycles. The Morgan fingerprint density at radius 1 is 0.535 bits per heavy atom. The van der Waals surface area contributed by atoms with Crippen LogP contribution in [0.15, 0.2) is 85.2 Å². The average Bonchev–Trinajstić information content (AvgIpc) is 4.27. The van der Waals surface area contributed by atoms with Crippen LogP contribution < -0.4 is 15.5 Å². The number of hydrogen-bond acceptors (Lipinski definition) is 9. The van der Waals surface area contributed by atoms with Gasteiger partial charge in [0.2, 0.25) is 11.8 Å². The van der Waals surface area contributed by atoms with Gasteiger partial charge in [-0.1, -0.05) is 108 Å². The summed E-state index contributed by atoms with van der Waals surface area (Å²) in [6.45, 7) is 8.88. The second-order valence-electron chi connectivity index (χ2n) is 20.6. The molecule has 0 unspecified atom stereocenters. The maximum absolute atomic E-state index is 13.8. The van der Waals surface area contributed by atoms with Gasteiger partial charge in [-0.05, 0) is 109 Å². The van der Waals surface area contributed by atoms with Crippen molar-refractivity contribution < 1.29 is 28.7 Å². The van der Waals surface area contributed by atoms with Crippen molar-refractivity contribution in [3.63, 3.8) is 0 Å². The first-order valence-electron chi connectivity index (χ1n) is 25.9. The summed E-state index contributed by atoms with van der Waals surface area (Å²) in [5, 5.41) is 5.47. The van der Waals surface area contributed by atoms with Crippen molar-refractivity contribution in [2.45, 2.75) is 140 Å². The van der Waals surface area contributed by atoms with E-state index in [1.54, 1.807) is 0 Å². The fraction of sp³-hybridized carbons (Fsp3) is 0.500. The molecule has 6 atom stereocenters. The van der Waals surface area contributed by atoms with Gasteiger partial charge in [-0.15, -0.1) is 0 Å². The van der Waals surface area contributed by atoms with Gasteiger partial charge in [0.25, 0.3) is 0 Å². The minimum atomic E-state index is -0.692. The van der Waals surface area contributed by atoms with Crippen LogP contribution in [0.4, 0.5) is 15.3 Å². The number of imidazole rings is 2. The van der Waals surface area contributed by atoms with Crippen LogP contribution in [0.3, 0.4) is 0 Å². The van der Waals surface area contributed by atoms with Crippen molar-refractivity contribution in [2.24, 2.45) is 11.8 Å². The van der Waals surface area contributed by atoms with Crippen molar-refractivity contribution in [3.05, 3.63) is 114 Å². The zero-order valence-corrected chi connectivity index (χ0v) is 42.2. The molecule has 3 saturated heterocycles. The van der Waals surface area contributed by atoms with Crippen molar-refractivity contribution in [1.29, 1.82) is 0 Å². The van der Waals surface area contributed by atoms with E-state index in [1.807, 2.05) is 49.9 Å². The fourth-order valence-electron chi connectivity index (χ4n) is 11.6. The number of H-pyrrole nitrogens is 2. The van der Waals surface area contributed by atoms with Crippen LogP contribution in [-0.4, -0.2) is 93.1 Å². The van der Waals surface area contributed by atoms with E-state index in [9.17, 15) is 19.2 Å². The average molecular weight is 966 g/mol. The van der Waals surface area contributed by atoms with Crippen LogP contribution in [-0.2, 0) is 19.1 Å². The number of alkyl carbamates (subject to hydrolysis) is 2. The zero-order valence-electron chi connectivity index (χ0n) is 42.2. The minimum absolute atomic E-state index is 0.109. The first-order chi connectivity index (χ1) is 34.4. The second kappa shape index (κ2) is 21.8. The number of rotatable bonds is 14. The van der Waals surface area contributed by atoms with Gasteiger partial charge in [0.15, 0.2) is 0 Å². The highest BCUT2D eigenvalue weighted by molar-refractivity contribution is 5.87. The number of amides is 4. The highest BCUT2D eigenvalue weighted by Crippen LogP contribution is 2.48.